The molecule has 1 saturated carbocycles. The summed E-state index contributed by atoms with van der Waals surface area (Å²) in [5.74, 6) is 1.40. The minimum Gasteiger partial charge on any atom is -0.339 e. The summed E-state index contributed by atoms with van der Waals surface area (Å²) in [6.45, 7) is 0. The molecule has 6 heteroatoms. The van der Waals surface area contributed by atoms with Crippen LogP contribution in [0, 0.1) is 17.2 Å². The highest BCUT2D eigenvalue weighted by atomic mass is 79.9. The Bertz CT molecular complexity index is 571. The minimum atomic E-state index is 0.0587. The highest BCUT2D eigenvalue weighted by Gasteiger charge is 2.43. The Morgan fingerprint density at radius 1 is 1.56 bits per heavy atom. The minimum absolute atomic E-state index is 0.0587. The SMILES string of the molecule is N#CC1CC1c1nc(-c2ccc(Br)s2)no1. The van der Waals surface area contributed by atoms with Crippen LogP contribution in [0.2, 0.25) is 0 Å². The number of nitriles is 1. The first-order valence-electron chi connectivity index (χ1n) is 4.77. The van der Waals surface area contributed by atoms with Crippen LogP contribution in [-0.2, 0) is 0 Å². The monoisotopic (exact) mass is 295 g/mol. The smallest absolute Gasteiger partial charge is 0.231 e. The molecule has 0 saturated heterocycles. The molecule has 2 aromatic heterocycles. The Balaban J connectivity index is 1.86. The molecule has 0 bridgehead atoms. The van der Waals surface area contributed by atoms with Gasteiger partial charge in [0.25, 0.3) is 0 Å². The summed E-state index contributed by atoms with van der Waals surface area (Å²) in [7, 11) is 0. The van der Waals surface area contributed by atoms with Gasteiger partial charge in [-0.15, -0.1) is 11.3 Å². The van der Waals surface area contributed by atoms with Crippen LogP contribution in [0.3, 0.4) is 0 Å². The number of nitrogens with zero attached hydrogens (tertiary/aromatic N) is 3. The average molecular weight is 296 g/mol. The normalized spacial score (nSPS) is 23.0. The Morgan fingerprint density at radius 3 is 3.06 bits per heavy atom. The third-order valence-electron chi connectivity index (χ3n) is 2.51. The van der Waals surface area contributed by atoms with Crippen molar-refractivity contribution in [1.29, 1.82) is 5.26 Å². The van der Waals surface area contributed by atoms with Crippen molar-refractivity contribution in [3.05, 3.63) is 21.8 Å². The average Bonchev–Trinajstić information content (AvgIpc) is 2.71. The van der Waals surface area contributed by atoms with Crippen molar-refractivity contribution >= 4 is 27.3 Å². The Hall–Kier alpha value is -1.19. The lowest BCUT2D eigenvalue weighted by Gasteiger charge is -1.83. The van der Waals surface area contributed by atoms with E-state index in [9.17, 15) is 0 Å². The third kappa shape index (κ3) is 1.66. The lowest BCUT2D eigenvalue weighted by atomic mass is 10.3. The summed E-state index contributed by atoms with van der Waals surface area (Å²) in [5, 5.41) is 12.6. The molecule has 2 unspecified atom stereocenters. The molecule has 2 aromatic rings. The van der Waals surface area contributed by atoms with Gasteiger partial charge in [0.15, 0.2) is 0 Å². The summed E-state index contributed by atoms with van der Waals surface area (Å²) in [6.07, 6.45) is 0.840. The van der Waals surface area contributed by atoms with E-state index in [1.807, 2.05) is 12.1 Å². The van der Waals surface area contributed by atoms with Crippen LogP contribution in [0.4, 0.5) is 0 Å². The van der Waals surface area contributed by atoms with Crippen LogP contribution in [0.1, 0.15) is 18.2 Å². The number of hydrogen-bond acceptors (Lipinski definition) is 5. The van der Waals surface area contributed by atoms with E-state index in [1.165, 1.54) is 0 Å². The summed E-state index contributed by atoms with van der Waals surface area (Å²) < 4.78 is 6.20. The fourth-order valence-corrected chi connectivity index (χ4v) is 2.84. The molecule has 0 radical (unpaired) electrons. The van der Waals surface area contributed by atoms with Crippen molar-refractivity contribution in [3.63, 3.8) is 0 Å². The molecule has 4 nitrogen and oxygen atoms in total. The van der Waals surface area contributed by atoms with Gasteiger partial charge in [-0.2, -0.15) is 10.2 Å². The van der Waals surface area contributed by atoms with Gasteiger partial charge in [0.2, 0.25) is 11.7 Å². The molecule has 0 N–H and O–H groups in total. The standard InChI is InChI=1S/C10H6BrN3OS/c11-8-2-1-7(16-8)9-13-10(15-14-9)6-3-5(6)4-12/h1-2,5-6H,3H2. The molecule has 0 aromatic carbocycles. The summed E-state index contributed by atoms with van der Waals surface area (Å²) in [4.78, 5) is 5.28. The van der Waals surface area contributed by atoms with Gasteiger partial charge in [0, 0.05) is 0 Å². The highest BCUT2D eigenvalue weighted by Crippen LogP contribution is 2.46. The van der Waals surface area contributed by atoms with Crippen molar-refractivity contribution in [2.45, 2.75) is 12.3 Å². The maximum Gasteiger partial charge on any atom is 0.231 e. The number of aromatic nitrogens is 2. The van der Waals surface area contributed by atoms with Crippen LogP contribution in [0.15, 0.2) is 20.4 Å². The van der Waals surface area contributed by atoms with Gasteiger partial charge in [0.05, 0.1) is 26.6 Å². The Morgan fingerprint density at radius 2 is 2.44 bits per heavy atom. The van der Waals surface area contributed by atoms with Gasteiger partial charge in [0.1, 0.15) is 0 Å². The second-order valence-electron chi connectivity index (χ2n) is 3.64. The maximum absolute atomic E-state index is 8.72. The molecule has 80 valence electrons. The van der Waals surface area contributed by atoms with Crippen molar-refractivity contribution in [2.75, 3.05) is 0 Å². The first-order chi connectivity index (χ1) is 7.78. The molecule has 1 fully saturated rings. The van der Waals surface area contributed by atoms with E-state index in [1.54, 1.807) is 11.3 Å². The molecular formula is C10H6BrN3OS. The van der Waals surface area contributed by atoms with Gasteiger partial charge in [-0.25, -0.2) is 0 Å². The first-order valence-corrected chi connectivity index (χ1v) is 6.38. The lowest BCUT2D eigenvalue weighted by molar-refractivity contribution is 0.378. The topological polar surface area (TPSA) is 62.7 Å². The molecule has 1 aliphatic carbocycles. The van der Waals surface area contributed by atoms with Crippen molar-refractivity contribution in [2.24, 2.45) is 5.92 Å². The van der Waals surface area contributed by atoms with E-state index in [0.29, 0.717) is 11.7 Å². The highest BCUT2D eigenvalue weighted by molar-refractivity contribution is 9.11. The van der Waals surface area contributed by atoms with E-state index in [-0.39, 0.29) is 11.8 Å². The van der Waals surface area contributed by atoms with E-state index in [0.717, 1.165) is 15.1 Å². The van der Waals surface area contributed by atoms with Crippen molar-refractivity contribution in [3.8, 4) is 16.8 Å². The summed E-state index contributed by atoms with van der Waals surface area (Å²) in [6, 6.07) is 6.10. The Kier molecular flexibility index (Phi) is 2.30. The molecule has 0 aliphatic heterocycles. The number of halogens is 1. The maximum atomic E-state index is 8.72. The number of rotatable bonds is 2. The zero-order valence-corrected chi connectivity index (χ0v) is 10.5. The largest absolute Gasteiger partial charge is 0.339 e. The molecule has 0 amide bonds. The Labute approximate surface area is 104 Å². The second-order valence-corrected chi connectivity index (χ2v) is 6.10. The van der Waals surface area contributed by atoms with Crippen molar-refractivity contribution in [1.82, 2.24) is 10.1 Å². The second kappa shape index (κ2) is 3.68. The van der Waals surface area contributed by atoms with E-state index in [2.05, 4.69) is 32.1 Å². The van der Waals surface area contributed by atoms with Crippen LogP contribution < -0.4 is 0 Å². The summed E-state index contributed by atoms with van der Waals surface area (Å²) >= 11 is 4.95. The van der Waals surface area contributed by atoms with E-state index >= 15 is 0 Å². The fourth-order valence-electron chi connectivity index (χ4n) is 1.53. The number of thiophene rings is 1. The zero-order valence-electron chi connectivity index (χ0n) is 8.05. The molecule has 2 heterocycles. The van der Waals surface area contributed by atoms with Crippen LogP contribution >= 0.6 is 27.3 Å². The van der Waals surface area contributed by atoms with Gasteiger partial charge in [-0.05, 0) is 34.5 Å². The molecular weight excluding hydrogens is 290 g/mol. The summed E-state index contributed by atoms with van der Waals surface area (Å²) in [5.41, 5.74) is 0. The van der Waals surface area contributed by atoms with Gasteiger partial charge < -0.3 is 4.52 Å². The lowest BCUT2D eigenvalue weighted by Crippen LogP contribution is -1.81. The zero-order chi connectivity index (χ0) is 11.1. The van der Waals surface area contributed by atoms with Crippen molar-refractivity contribution < 1.29 is 4.52 Å². The van der Waals surface area contributed by atoms with Gasteiger partial charge in [-0.1, -0.05) is 5.16 Å². The molecule has 2 atom stereocenters. The van der Waals surface area contributed by atoms with Crippen LogP contribution in [0.5, 0.6) is 0 Å². The third-order valence-corrected chi connectivity index (χ3v) is 4.13. The molecule has 0 spiro atoms. The van der Waals surface area contributed by atoms with Crippen LogP contribution in [-0.4, -0.2) is 10.1 Å². The predicted molar refractivity (Wildman–Crippen MR) is 61.8 cm³/mol. The quantitative estimate of drug-likeness (QED) is 0.853. The first kappa shape index (κ1) is 10.00. The molecule has 16 heavy (non-hydrogen) atoms. The fraction of sp³-hybridized carbons (Fsp3) is 0.300. The van der Waals surface area contributed by atoms with Gasteiger partial charge >= 0.3 is 0 Å². The predicted octanol–water partition coefficient (Wildman–Crippen LogP) is 3.19. The molecule has 1 aliphatic rings. The number of hydrogen-bond donors (Lipinski definition) is 0. The van der Waals surface area contributed by atoms with Crippen LogP contribution in [0.25, 0.3) is 10.7 Å². The van der Waals surface area contributed by atoms with Gasteiger partial charge in [-0.3, -0.25) is 0 Å². The van der Waals surface area contributed by atoms with E-state index < -0.39 is 0 Å². The van der Waals surface area contributed by atoms with E-state index in [4.69, 9.17) is 9.78 Å². The molecule has 3 rings (SSSR count).